The van der Waals surface area contributed by atoms with Gasteiger partial charge in [-0.2, -0.15) is 5.01 Å². The summed E-state index contributed by atoms with van der Waals surface area (Å²) in [6, 6.07) is 21.5. The van der Waals surface area contributed by atoms with Crippen molar-refractivity contribution in [2.45, 2.75) is 31.8 Å². The van der Waals surface area contributed by atoms with Gasteiger partial charge in [-0.1, -0.05) is 55.0 Å². The van der Waals surface area contributed by atoms with Gasteiger partial charge in [0.05, 0.1) is 16.8 Å². The van der Waals surface area contributed by atoms with E-state index in [0.717, 1.165) is 22.2 Å². The monoisotopic (exact) mass is 414 g/mol. The molecule has 0 atom stereocenters. The number of pyridine rings is 1. The van der Waals surface area contributed by atoms with Gasteiger partial charge in [0, 0.05) is 36.6 Å². The van der Waals surface area contributed by atoms with Crippen LogP contribution >= 0.6 is 0 Å². The summed E-state index contributed by atoms with van der Waals surface area (Å²) in [5, 5.41) is 17.9. The van der Waals surface area contributed by atoms with Gasteiger partial charge in [0.2, 0.25) is 0 Å². The van der Waals surface area contributed by atoms with Gasteiger partial charge in [-0.3, -0.25) is 4.98 Å². The number of anilines is 1. The Bertz CT molecular complexity index is 1120. The zero-order valence-corrected chi connectivity index (χ0v) is 17.6. The van der Waals surface area contributed by atoms with Crippen molar-refractivity contribution in [2.75, 3.05) is 18.4 Å². The average molecular weight is 415 g/mol. The molecule has 1 aromatic heterocycles. The van der Waals surface area contributed by atoms with Gasteiger partial charge in [-0.25, -0.2) is 9.80 Å². The molecule has 2 aromatic carbocycles. The van der Waals surface area contributed by atoms with E-state index in [1.807, 2.05) is 72.6 Å². The van der Waals surface area contributed by atoms with Crippen LogP contribution in [0.4, 0.5) is 10.5 Å². The van der Waals surface area contributed by atoms with E-state index in [1.54, 1.807) is 0 Å². The van der Waals surface area contributed by atoms with Crippen LogP contribution in [0.5, 0.6) is 0 Å². The number of aliphatic hydroxyl groups is 1. The maximum Gasteiger partial charge on any atom is 0.348 e. The highest BCUT2D eigenvalue weighted by molar-refractivity contribution is 6.00. The second-order valence-corrected chi connectivity index (χ2v) is 8.04. The van der Waals surface area contributed by atoms with Crippen LogP contribution in [0.3, 0.4) is 0 Å². The van der Waals surface area contributed by atoms with Gasteiger partial charge in [0.25, 0.3) is 0 Å². The number of aromatic nitrogens is 1. The van der Waals surface area contributed by atoms with Crippen molar-refractivity contribution in [3.63, 3.8) is 0 Å². The Morgan fingerprint density at radius 3 is 2.58 bits per heavy atom. The minimum Gasteiger partial charge on any atom is -0.389 e. The summed E-state index contributed by atoms with van der Waals surface area (Å²) in [6.07, 6.45) is 7.34. The van der Waals surface area contributed by atoms with Crippen molar-refractivity contribution in [1.29, 1.82) is 0 Å². The van der Waals surface area contributed by atoms with E-state index in [4.69, 9.17) is 6.42 Å². The lowest BCUT2D eigenvalue weighted by molar-refractivity contribution is -0.0589. The van der Waals surface area contributed by atoms with Crippen molar-refractivity contribution in [3.05, 3.63) is 71.9 Å². The molecule has 4 rings (SSSR count). The van der Waals surface area contributed by atoms with Crippen LogP contribution in [0.1, 0.15) is 24.1 Å². The third-order valence-corrected chi connectivity index (χ3v) is 5.73. The summed E-state index contributed by atoms with van der Waals surface area (Å²) in [5.41, 5.74) is 2.60. The number of fused-ring (bicyclic) bond motifs is 1. The summed E-state index contributed by atoms with van der Waals surface area (Å²) >= 11 is 0. The number of hydrazine groups is 1. The Kier molecular flexibility index (Phi) is 5.90. The van der Waals surface area contributed by atoms with Gasteiger partial charge in [0.1, 0.15) is 0 Å². The Balaban J connectivity index is 1.44. The summed E-state index contributed by atoms with van der Waals surface area (Å²) < 4.78 is 0. The van der Waals surface area contributed by atoms with Crippen LogP contribution in [0, 0.1) is 19.4 Å². The third-order valence-electron chi connectivity index (χ3n) is 5.73. The van der Waals surface area contributed by atoms with E-state index >= 15 is 0 Å². The number of carbonyl (C=O) groups is 1. The first kappa shape index (κ1) is 20.9. The predicted molar refractivity (Wildman–Crippen MR) is 122 cm³/mol. The highest BCUT2D eigenvalue weighted by Crippen LogP contribution is 2.28. The molecule has 1 aliphatic rings. The number of terminal acetylenes is 1. The molecule has 31 heavy (non-hydrogen) atoms. The van der Waals surface area contributed by atoms with E-state index in [1.165, 1.54) is 5.01 Å². The third kappa shape index (κ3) is 4.69. The fourth-order valence-corrected chi connectivity index (χ4v) is 4.11. The van der Waals surface area contributed by atoms with Crippen molar-refractivity contribution in [3.8, 4) is 12.5 Å². The molecule has 0 spiro atoms. The molecular weight excluding hydrogens is 388 g/mol. The molecule has 0 saturated carbocycles. The summed E-state index contributed by atoms with van der Waals surface area (Å²) in [7, 11) is 0. The molecule has 2 heterocycles. The number of urea groups is 1. The number of rotatable bonds is 4. The number of benzene rings is 2. The summed E-state index contributed by atoms with van der Waals surface area (Å²) in [5.74, 6) is 0. The minimum absolute atomic E-state index is 0.397. The Morgan fingerprint density at radius 2 is 1.87 bits per heavy atom. The zero-order valence-electron chi connectivity index (χ0n) is 17.6. The molecule has 1 aliphatic heterocycles. The highest BCUT2D eigenvalue weighted by Gasteiger charge is 2.35. The number of para-hydroxylation sites is 1. The molecule has 2 amide bonds. The normalized spacial score (nSPS) is 15.9. The van der Waals surface area contributed by atoms with E-state index in [9.17, 15) is 9.90 Å². The maximum atomic E-state index is 13.0. The Hall–Kier alpha value is -3.40. The molecule has 158 valence electrons. The topological polar surface area (TPSA) is 68.7 Å². The molecule has 0 radical (unpaired) electrons. The highest BCUT2D eigenvalue weighted by atomic mass is 16.3. The number of hydrogen-bond donors (Lipinski definition) is 2. The summed E-state index contributed by atoms with van der Waals surface area (Å²) in [4.78, 5) is 17.5. The summed E-state index contributed by atoms with van der Waals surface area (Å²) in [6.45, 7) is 2.88. The van der Waals surface area contributed by atoms with Crippen molar-refractivity contribution < 1.29 is 9.90 Å². The molecule has 6 heteroatoms. The first-order valence-electron chi connectivity index (χ1n) is 10.4. The molecule has 3 aromatic rings. The van der Waals surface area contributed by atoms with Crippen LogP contribution in [0.2, 0.25) is 0 Å². The SMILES string of the molecule is C#CN(C(=O)Nc1cc(C)nc2ccccc12)N1CCC(O)(Cc2ccccc2)CC1. The quantitative estimate of drug-likeness (QED) is 0.501. The molecule has 0 aliphatic carbocycles. The Labute approximate surface area is 182 Å². The van der Waals surface area contributed by atoms with E-state index in [0.29, 0.717) is 38.0 Å². The first-order chi connectivity index (χ1) is 15.0. The number of piperidine rings is 1. The largest absolute Gasteiger partial charge is 0.389 e. The second-order valence-electron chi connectivity index (χ2n) is 8.04. The molecule has 1 fully saturated rings. The maximum absolute atomic E-state index is 13.0. The number of nitrogens with one attached hydrogen (secondary N) is 1. The van der Waals surface area contributed by atoms with E-state index in [-0.39, 0.29) is 0 Å². The fourth-order valence-electron chi connectivity index (χ4n) is 4.11. The number of nitrogens with zero attached hydrogens (tertiary/aromatic N) is 3. The van der Waals surface area contributed by atoms with Crippen LogP contribution in [0.15, 0.2) is 60.7 Å². The van der Waals surface area contributed by atoms with Crippen molar-refractivity contribution in [2.24, 2.45) is 0 Å². The number of carbonyl (C=O) groups excluding carboxylic acids is 1. The smallest absolute Gasteiger partial charge is 0.348 e. The van der Waals surface area contributed by atoms with Crippen LogP contribution in [-0.2, 0) is 6.42 Å². The lowest BCUT2D eigenvalue weighted by atomic mass is 9.86. The fraction of sp³-hybridized carbons (Fsp3) is 0.280. The van der Waals surface area contributed by atoms with Gasteiger partial charge in [-0.05, 0) is 37.5 Å². The average Bonchev–Trinajstić information content (AvgIpc) is 2.76. The van der Waals surface area contributed by atoms with E-state index < -0.39 is 11.6 Å². The van der Waals surface area contributed by atoms with E-state index in [2.05, 4.69) is 16.3 Å². The number of aryl methyl sites for hydroxylation is 1. The lowest BCUT2D eigenvalue weighted by Gasteiger charge is -2.40. The standard InChI is InChI=1S/C25H26N4O2/c1-3-29(24(30)27-23-17-19(2)26-22-12-8-7-11-21(22)23)28-15-13-25(31,14-16-28)18-20-9-5-4-6-10-20/h1,4-12,17,31H,13-16,18H2,2H3,(H,26,27,30). The zero-order chi connectivity index (χ0) is 21.8. The Morgan fingerprint density at radius 1 is 1.19 bits per heavy atom. The predicted octanol–water partition coefficient (Wildman–Crippen LogP) is 3.95. The lowest BCUT2D eigenvalue weighted by Crippen LogP contribution is -2.53. The van der Waals surface area contributed by atoms with Crippen LogP contribution < -0.4 is 5.32 Å². The van der Waals surface area contributed by atoms with Crippen LogP contribution in [-0.4, -0.2) is 44.8 Å². The molecule has 0 bridgehead atoms. The van der Waals surface area contributed by atoms with Gasteiger partial charge < -0.3 is 10.4 Å². The molecule has 6 nitrogen and oxygen atoms in total. The molecule has 0 unspecified atom stereocenters. The van der Waals surface area contributed by atoms with Crippen molar-refractivity contribution >= 4 is 22.6 Å². The molecular formula is C25H26N4O2. The van der Waals surface area contributed by atoms with Gasteiger partial charge in [-0.15, -0.1) is 0 Å². The van der Waals surface area contributed by atoms with Crippen LogP contribution in [0.25, 0.3) is 10.9 Å². The van der Waals surface area contributed by atoms with Crippen molar-refractivity contribution in [1.82, 2.24) is 15.0 Å². The molecule has 2 N–H and O–H groups in total. The number of amides is 2. The second kappa shape index (κ2) is 8.76. The molecule has 1 saturated heterocycles. The number of hydrogen-bond acceptors (Lipinski definition) is 4. The minimum atomic E-state index is -0.799. The van der Waals surface area contributed by atoms with Gasteiger partial charge >= 0.3 is 6.03 Å². The first-order valence-corrected chi connectivity index (χ1v) is 10.4. The van der Waals surface area contributed by atoms with Gasteiger partial charge in [0.15, 0.2) is 0 Å².